The molecule has 2 rings (SSSR count). The molecule has 1 aromatic carbocycles. The van der Waals surface area contributed by atoms with Gasteiger partial charge in [0, 0.05) is 25.6 Å². The standard InChI is InChI=1S/C14H18N2O4/c17-13(18)6-7-15-14(19)16-8-11(9-16)10-20-12-4-2-1-3-5-12/h1-5,11H,6-10H2,(H,15,19)(H,17,18). The van der Waals surface area contributed by atoms with Crippen LogP contribution in [0.5, 0.6) is 5.75 Å². The Labute approximate surface area is 117 Å². The Morgan fingerprint density at radius 2 is 2.00 bits per heavy atom. The van der Waals surface area contributed by atoms with E-state index in [1.165, 1.54) is 0 Å². The zero-order valence-corrected chi connectivity index (χ0v) is 11.1. The van der Waals surface area contributed by atoms with Crippen molar-refractivity contribution in [1.82, 2.24) is 10.2 Å². The quantitative estimate of drug-likeness (QED) is 0.819. The molecule has 6 nitrogen and oxygen atoms in total. The van der Waals surface area contributed by atoms with E-state index < -0.39 is 5.97 Å². The van der Waals surface area contributed by atoms with Crippen molar-refractivity contribution < 1.29 is 19.4 Å². The van der Waals surface area contributed by atoms with Crippen LogP contribution in [0.4, 0.5) is 4.79 Å². The molecule has 0 unspecified atom stereocenters. The first-order valence-electron chi connectivity index (χ1n) is 6.57. The van der Waals surface area contributed by atoms with E-state index in [1.54, 1.807) is 4.90 Å². The molecule has 1 aliphatic rings. The van der Waals surface area contributed by atoms with Crippen LogP contribution in [0.25, 0.3) is 0 Å². The summed E-state index contributed by atoms with van der Waals surface area (Å²) in [5.74, 6) is 0.250. The zero-order chi connectivity index (χ0) is 14.4. The van der Waals surface area contributed by atoms with Crippen molar-refractivity contribution in [2.45, 2.75) is 6.42 Å². The number of urea groups is 1. The normalized spacial score (nSPS) is 14.5. The van der Waals surface area contributed by atoms with Gasteiger partial charge in [-0.25, -0.2) is 4.79 Å². The number of rotatable bonds is 6. The van der Waals surface area contributed by atoms with Crippen molar-refractivity contribution >= 4 is 12.0 Å². The Morgan fingerprint density at radius 3 is 2.65 bits per heavy atom. The molecule has 6 heteroatoms. The minimum Gasteiger partial charge on any atom is -0.493 e. The van der Waals surface area contributed by atoms with Gasteiger partial charge in [-0.15, -0.1) is 0 Å². The smallest absolute Gasteiger partial charge is 0.317 e. The monoisotopic (exact) mass is 278 g/mol. The average molecular weight is 278 g/mol. The molecule has 1 aliphatic heterocycles. The third-order valence-corrected chi connectivity index (χ3v) is 3.09. The summed E-state index contributed by atoms with van der Waals surface area (Å²) < 4.78 is 5.61. The lowest BCUT2D eigenvalue weighted by atomic mass is 10.0. The molecule has 0 aliphatic carbocycles. The highest BCUT2D eigenvalue weighted by molar-refractivity contribution is 5.76. The summed E-state index contributed by atoms with van der Waals surface area (Å²) in [5.41, 5.74) is 0. The molecule has 1 heterocycles. The SMILES string of the molecule is O=C(O)CCNC(=O)N1CC(COc2ccccc2)C1. The summed E-state index contributed by atoms with van der Waals surface area (Å²) in [6.07, 6.45) is -0.0554. The number of amides is 2. The number of carbonyl (C=O) groups excluding carboxylic acids is 1. The molecule has 108 valence electrons. The number of nitrogens with one attached hydrogen (secondary N) is 1. The van der Waals surface area contributed by atoms with Crippen molar-refractivity contribution in [3.05, 3.63) is 30.3 Å². The fourth-order valence-corrected chi connectivity index (χ4v) is 1.96. The number of hydrogen-bond donors (Lipinski definition) is 2. The van der Waals surface area contributed by atoms with Crippen LogP contribution in [0, 0.1) is 5.92 Å². The first-order chi connectivity index (χ1) is 9.65. The lowest BCUT2D eigenvalue weighted by Crippen LogP contribution is -2.55. The number of hydrogen-bond acceptors (Lipinski definition) is 3. The fourth-order valence-electron chi connectivity index (χ4n) is 1.96. The predicted octanol–water partition coefficient (Wildman–Crippen LogP) is 1.18. The predicted molar refractivity (Wildman–Crippen MR) is 72.7 cm³/mol. The molecule has 0 saturated carbocycles. The van der Waals surface area contributed by atoms with Crippen molar-refractivity contribution in [3.63, 3.8) is 0 Å². The van der Waals surface area contributed by atoms with Crippen LogP contribution in [0.3, 0.4) is 0 Å². The maximum atomic E-state index is 11.6. The summed E-state index contributed by atoms with van der Waals surface area (Å²) in [5, 5.41) is 11.1. The molecule has 2 amide bonds. The van der Waals surface area contributed by atoms with E-state index in [0.717, 1.165) is 5.75 Å². The molecule has 0 radical (unpaired) electrons. The maximum absolute atomic E-state index is 11.6. The number of ether oxygens (including phenoxy) is 1. The van der Waals surface area contributed by atoms with Gasteiger partial charge in [-0.3, -0.25) is 4.79 Å². The number of likely N-dealkylation sites (tertiary alicyclic amines) is 1. The highest BCUT2D eigenvalue weighted by Gasteiger charge is 2.30. The zero-order valence-electron chi connectivity index (χ0n) is 11.1. The molecule has 1 aromatic rings. The first kappa shape index (κ1) is 14.2. The van der Waals surface area contributed by atoms with E-state index in [0.29, 0.717) is 25.6 Å². The van der Waals surface area contributed by atoms with Gasteiger partial charge in [0.25, 0.3) is 0 Å². The van der Waals surface area contributed by atoms with Gasteiger partial charge in [0.1, 0.15) is 5.75 Å². The summed E-state index contributed by atoms with van der Waals surface area (Å²) in [6.45, 7) is 2.04. The van der Waals surface area contributed by atoms with Crippen LogP contribution in [0.2, 0.25) is 0 Å². The fraction of sp³-hybridized carbons (Fsp3) is 0.429. The van der Waals surface area contributed by atoms with E-state index in [4.69, 9.17) is 9.84 Å². The van der Waals surface area contributed by atoms with Gasteiger partial charge in [0.2, 0.25) is 0 Å². The molecule has 2 N–H and O–H groups in total. The molecule has 1 saturated heterocycles. The van der Waals surface area contributed by atoms with Gasteiger partial charge in [0.15, 0.2) is 0 Å². The van der Waals surface area contributed by atoms with E-state index in [1.807, 2.05) is 30.3 Å². The lowest BCUT2D eigenvalue weighted by molar-refractivity contribution is -0.136. The highest BCUT2D eigenvalue weighted by Crippen LogP contribution is 2.17. The van der Waals surface area contributed by atoms with Gasteiger partial charge >= 0.3 is 12.0 Å². The summed E-state index contributed by atoms with van der Waals surface area (Å²) >= 11 is 0. The van der Waals surface area contributed by atoms with Gasteiger partial charge in [-0.05, 0) is 12.1 Å². The Morgan fingerprint density at radius 1 is 1.30 bits per heavy atom. The Balaban J connectivity index is 1.60. The maximum Gasteiger partial charge on any atom is 0.317 e. The molecule has 0 spiro atoms. The average Bonchev–Trinajstić information content (AvgIpc) is 2.37. The Kier molecular flexibility index (Phi) is 4.81. The second kappa shape index (κ2) is 6.79. The van der Waals surface area contributed by atoms with Crippen LogP contribution < -0.4 is 10.1 Å². The number of para-hydroxylation sites is 1. The van der Waals surface area contributed by atoms with Gasteiger partial charge in [-0.2, -0.15) is 0 Å². The van der Waals surface area contributed by atoms with E-state index in [9.17, 15) is 9.59 Å². The number of benzene rings is 1. The van der Waals surface area contributed by atoms with E-state index in [-0.39, 0.29) is 19.0 Å². The van der Waals surface area contributed by atoms with Crippen molar-refractivity contribution in [2.24, 2.45) is 5.92 Å². The molecular formula is C14H18N2O4. The molecule has 0 bridgehead atoms. The Hall–Kier alpha value is -2.24. The molecule has 1 fully saturated rings. The second-order valence-electron chi connectivity index (χ2n) is 4.77. The highest BCUT2D eigenvalue weighted by atomic mass is 16.5. The Bertz CT molecular complexity index is 458. The minimum atomic E-state index is -0.914. The van der Waals surface area contributed by atoms with Gasteiger partial charge in [0.05, 0.1) is 13.0 Å². The number of carboxylic acids is 1. The summed E-state index contributed by atoms with van der Waals surface area (Å²) in [7, 11) is 0. The third kappa shape index (κ3) is 4.15. The first-order valence-corrected chi connectivity index (χ1v) is 6.57. The van der Waals surface area contributed by atoms with Crippen LogP contribution in [-0.2, 0) is 4.79 Å². The van der Waals surface area contributed by atoms with Crippen LogP contribution in [0.1, 0.15) is 6.42 Å². The van der Waals surface area contributed by atoms with Crippen molar-refractivity contribution in [1.29, 1.82) is 0 Å². The second-order valence-corrected chi connectivity index (χ2v) is 4.77. The lowest BCUT2D eigenvalue weighted by Gasteiger charge is -2.38. The number of aliphatic carboxylic acids is 1. The number of carboxylic acid groups (broad SMARTS) is 1. The van der Waals surface area contributed by atoms with Crippen LogP contribution in [-0.4, -0.2) is 48.2 Å². The molecule has 0 aromatic heterocycles. The van der Waals surface area contributed by atoms with Crippen molar-refractivity contribution in [3.8, 4) is 5.75 Å². The topological polar surface area (TPSA) is 78.9 Å². The number of carbonyl (C=O) groups is 2. The summed E-state index contributed by atoms with van der Waals surface area (Å²) in [4.78, 5) is 23.6. The van der Waals surface area contributed by atoms with Gasteiger partial charge in [-0.1, -0.05) is 18.2 Å². The molecule has 20 heavy (non-hydrogen) atoms. The van der Waals surface area contributed by atoms with Crippen molar-refractivity contribution in [2.75, 3.05) is 26.2 Å². The van der Waals surface area contributed by atoms with E-state index >= 15 is 0 Å². The largest absolute Gasteiger partial charge is 0.493 e. The molecule has 0 atom stereocenters. The van der Waals surface area contributed by atoms with Gasteiger partial charge < -0.3 is 20.1 Å². The number of nitrogens with zero attached hydrogens (tertiary/aromatic N) is 1. The third-order valence-electron chi connectivity index (χ3n) is 3.09. The minimum absolute atomic E-state index is 0.0554. The van der Waals surface area contributed by atoms with Crippen LogP contribution in [0.15, 0.2) is 30.3 Å². The summed E-state index contributed by atoms with van der Waals surface area (Å²) in [6, 6.07) is 9.35. The van der Waals surface area contributed by atoms with Crippen LogP contribution >= 0.6 is 0 Å². The van der Waals surface area contributed by atoms with E-state index in [2.05, 4.69) is 5.32 Å². The molecular weight excluding hydrogens is 260 g/mol.